The van der Waals surface area contributed by atoms with Gasteiger partial charge >= 0.3 is 0 Å². The van der Waals surface area contributed by atoms with E-state index in [1.165, 1.54) is 22.1 Å². The van der Waals surface area contributed by atoms with Gasteiger partial charge in [-0.25, -0.2) is 0 Å². The van der Waals surface area contributed by atoms with Crippen molar-refractivity contribution in [1.29, 1.82) is 0 Å². The first kappa shape index (κ1) is 16.4. The maximum atomic E-state index is 6.26. The van der Waals surface area contributed by atoms with Crippen LogP contribution < -0.4 is 4.74 Å². The molecule has 27 heavy (non-hydrogen) atoms. The number of aromatic nitrogens is 1. The van der Waals surface area contributed by atoms with Gasteiger partial charge in [0.1, 0.15) is 11.5 Å². The maximum absolute atomic E-state index is 6.26. The van der Waals surface area contributed by atoms with Gasteiger partial charge in [0, 0.05) is 38.6 Å². The largest absolute Gasteiger partial charge is 0.457 e. The Morgan fingerprint density at radius 1 is 0.926 bits per heavy atom. The van der Waals surface area contributed by atoms with Crippen molar-refractivity contribution in [3.8, 4) is 5.75 Å². The predicted molar refractivity (Wildman–Crippen MR) is 114 cm³/mol. The predicted octanol–water partition coefficient (Wildman–Crippen LogP) is 6.80. The molecule has 1 N–H and O–H groups in total. The van der Waals surface area contributed by atoms with Gasteiger partial charge in [-0.15, -0.1) is 0 Å². The first-order valence-corrected chi connectivity index (χ1v) is 9.80. The van der Waals surface area contributed by atoms with Gasteiger partial charge in [0.15, 0.2) is 0 Å². The zero-order valence-corrected chi connectivity index (χ0v) is 16.5. The minimum atomic E-state index is 0.134. The molecule has 3 aromatic carbocycles. The van der Waals surface area contributed by atoms with Crippen molar-refractivity contribution in [2.45, 2.75) is 12.8 Å². The molecule has 0 spiro atoms. The van der Waals surface area contributed by atoms with Crippen molar-refractivity contribution in [1.82, 2.24) is 4.98 Å². The van der Waals surface area contributed by atoms with Crippen molar-refractivity contribution in [3.63, 3.8) is 0 Å². The van der Waals surface area contributed by atoms with E-state index in [1.807, 2.05) is 12.1 Å². The highest BCUT2D eigenvalue weighted by atomic mass is 79.9. The van der Waals surface area contributed by atoms with Crippen molar-refractivity contribution < 1.29 is 4.74 Å². The molecule has 0 aliphatic carbocycles. The third kappa shape index (κ3) is 2.88. The number of allylic oxidation sites excluding steroid dienone is 1. The van der Waals surface area contributed by atoms with Gasteiger partial charge in [0.2, 0.25) is 0 Å². The first-order valence-electron chi connectivity index (χ1n) is 9.01. The van der Waals surface area contributed by atoms with Crippen LogP contribution in [-0.4, -0.2) is 4.98 Å². The number of benzene rings is 3. The van der Waals surface area contributed by atoms with Crippen LogP contribution in [0.5, 0.6) is 5.75 Å². The molecule has 1 aliphatic rings. The summed E-state index contributed by atoms with van der Waals surface area (Å²) >= 11 is 3.61. The number of para-hydroxylation sites is 1. The van der Waals surface area contributed by atoms with Crippen LogP contribution in [0.3, 0.4) is 0 Å². The zero-order chi connectivity index (χ0) is 18.4. The number of H-pyrrole nitrogens is 1. The lowest BCUT2D eigenvalue weighted by Crippen LogP contribution is -2.10. The van der Waals surface area contributed by atoms with E-state index in [2.05, 4.69) is 94.7 Å². The molecule has 2 heterocycles. The number of aryl methyl sites for hydroxylation is 1. The van der Waals surface area contributed by atoms with Gasteiger partial charge in [-0.05, 0) is 42.8 Å². The van der Waals surface area contributed by atoms with Crippen LogP contribution in [0.15, 0.2) is 83.5 Å². The first-order chi connectivity index (χ1) is 13.2. The second kappa shape index (κ2) is 6.43. The third-order valence-corrected chi connectivity index (χ3v) is 5.63. The average molecular weight is 416 g/mol. The molecule has 1 unspecified atom stereocenters. The molecule has 0 radical (unpaired) electrons. The summed E-state index contributed by atoms with van der Waals surface area (Å²) in [5.74, 6) is 1.96. The Hall–Kier alpha value is -2.78. The van der Waals surface area contributed by atoms with Crippen LogP contribution in [0.1, 0.15) is 28.2 Å². The molecule has 3 heteroatoms. The van der Waals surface area contributed by atoms with Crippen molar-refractivity contribution >= 4 is 32.6 Å². The summed E-state index contributed by atoms with van der Waals surface area (Å²) in [6, 6.07) is 23.1. The molecule has 0 bridgehead atoms. The zero-order valence-electron chi connectivity index (χ0n) is 14.9. The Kier molecular flexibility index (Phi) is 3.91. The Morgan fingerprint density at radius 3 is 2.59 bits per heavy atom. The Bertz CT molecular complexity index is 1170. The fourth-order valence-corrected chi connectivity index (χ4v) is 4.09. The van der Waals surface area contributed by atoms with Gasteiger partial charge in [-0.1, -0.05) is 64.0 Å². The van der Waals surface area contributed by atoms with E-state index in [4.69, 9.17) is 4.74 Å². The number of aromatic amines is 1. The Morgan fingerprint density at radius 2 is 1.74 bits per heavy atom. The number of rotatable bonds is 2. The van der Waals surface area contributed by atoms with Gasteiger partial charge in [0.05, 0.1) is 0 Å². The molecule has 0 saturated carbocycles. The van der Waals surface area contributed by atoms with E-state index in [0.717, 1.165) is 27.1 Å². The second-order valence-corrected chi connectivity index (χ2v) is 7.86. The summed E-state index contributed by atoms with van der Waals surface area (Å²) in [6.45, 7) is 2.10. The fourth-order valence-electron chi connectivity index (χ4n) is 3.73. The molecule has 1 aliphatic heterocycles. The minimum Gasteiger partial charge on any atom is -0.457 e. The van der Waals surface area contributed by atoms with E-state index in [-0.39, 0.29) is 5.92 Å². The number of halogens is 1. The number of hydrogen-bond donors (Lipinski definition) is 1. The van der Waals surface area contributed by atoms with Crippen molar-refractivity contribution in [2.75, 3.05) is 0 Å². The highest BCUT2D eigenvalue weighted by Gasteiger charge is 2.25. The number of fused-ring (bicyclic) bond motifs is 2. The highest BCUT2D eigenvalue weighted by molar-refractivity contribution is 9.10. The van der Waals surface area contributed by atoms with Crippen LogP contribution in [0.25, 0.3) is 16.7 Å². The van der Waals surface area contributed by atoms with Crippen LogP contribution in [0.2, 0.25) is 0 Å². The summed E-state index contributed by atoms with van der Waals surface area (Å²) in [4.78, 5) is 3.41. The molecule has 1 aromatic heterocycles. The van der Waals surface area contributed by atoms with Crippen molar-refractivity contribution in [3.05, 3.63) is 106 Å². The molecular weight excluding hydrogens is 398 g/mol. The molecule has 4 aromatic rings. The molecule has 5 rings (SSSR count). The number of hydrogen-bond acceptors (Lipinski definition) is 1. The molecule has 0 saturated heterocycles. The Labute approximate surface area is 166 Å². The van der Waals surface area contributed by atoms with E-state index in [0.29, 0.717) is 0 Å². The molecule has 132 valence electrons. The number of ether oxygens (including phenoxy) is 1. The summed E-state index contributed by atoms with van der Waals surface area (Å²) in [6.07, 6.45) is 4.35. The molecule has 0 amide bonds. The highest BCUT2D eigenvalue weighted by Crippen LogP contribution is 2.43. The topological polar surface area (TPSA) is 25.0 Å². The summed E-state index contributed by atoms with van der Waals surface area (Å²) < 4.78 is 7.35. The van der Waals surface area contributed by atoms with Crippen LogP contribution in [0, 0.1) is 6.92 Å². The quantitative estimate of drug-likeness (QED) is 0.382. The average Bonchev–Trinajstić information content (AvgIpc) is 3.10. The summed E-state index contributed by atoms with van der Waals surface area (Å²) in [5, 5.41) is 1.23. The van der Waals surface area contributed by atoms with E-state index < -0.39 is 0 Å². The summed E-state index contributed by atoms with van der Waals surface area (Å²) in [5.41, 5.74) is 5.93. The minimum absolute atomic E-state index is 0.134. The summed E-state index contributed by atoms with van der Waals surface area (Å²) in [7, 11) is 0. The van der Waals surface area contributed by atoms with Crippen LogP contribution in [-0.2, 0) is 0 Å². The second-order valence-electron chi connectivity index (χ2n) is 6.95. The number of nitrogens with one attached hydrogen (secondary N) is 1. The molecule has 0 fully saturated rings. The lowest BCUT2D eigenvalue weighted by Gasteiger charge is -2.25. The van der Waals surface area contributed by atoms with Crippen LogP contribution >= 0.6 is 15.9 Å². The van der Waals surface area contributed by atoms with Crippen molar-refractivity contribution in [2.24, 2.45) is 0 Å². The maximum Gasteiger partial charge on any atom is 0.131 e. The van der Waals surface area contributed by atoms with E-state index in [1.54, 1.807) is 0 Å². The van der Waals surface area contributed by atoms with Gasteiger partial charge in [-0.3, -0.25) is 0 Å². The molecule has 1 atom stereocenters. The molecule has 2 nitrogen and oxygen atoms in total. The van der Waals surface area contributed by atoms with E-state index in [9.17, 15) is 0 Å². The van der Waals surface area contributed by atoms with Crippen LogP contribution in [0.4, 0.5) is 0 Å². The Balaban J connectivity index is 1.70. The van der Waals surface area contributed by atoms with Gasteiger partial charge in [-0.2, -0.15) is 0 Å². The van der Waals surface area contributed by atoms with Gasteiger partial charge in [0.25, 0.3) is 0 Å². The SMILES string of the molecule is Cc1ccc(C2=CC(c3c[nH]c4ccc(Br)cc34)c3ccccc3O2)cc1. The fraction of sp³-hybridized carbons (Fsp3) is 0.0833. The molecular formula is C24H18BrNO. The smallest absolute Gasteiger partial charge is 0.131 e. The lowest BCUT2D eigenvalue weighted by molar-refractivity contribution is 0.493. The lowest BCUT2D eigenvalue weighted by atomic mass is 9.87. The third-order valence-electron chi connectivity index (χ3n) is 5.14. The standard InChI is InChI=1S/C24H18BrNO/c1-15-6-8-16(9-7-15)24-13-19(18-4-2-3-5-23(18)27-24)21-14-26-22-11-10-17(25)12-20(21)22/h2-14,19,26H,1H3. The van der Waals surface area contributed by atoms with Gasteiger partial charge < -0.3 is 9.72 Å². The van der Waals surface area contributed by atoms with E-state index >= 15 is 0 Å². The monoisotopic (exact) mass is 415 g/mol. The normalized spacial score (nSPS) is 15.9.